The predicted molar refractivity (Wildman–Crippen MR) is 114 cm³/mol. The molecule has 0 saturated carbocycles. The van der Waals surface area contributed by atoms with Gasteiger partial charge >= 0.3 is 5.69 Å². The molecule has 1 aromatic carbocycles. The van der Waals surface area contributed by atoms with Gasteiger partial charge in [0.1, 0.15) is 0 Å². The quantitative estimate of drug-likeness (QED) is 0.626. The Kier molecular flexibility index (Phi) is 5.40. The summed E-state index contributed by atoms with van der Waals surface area (Å²) in [5, 5.41) is 2.13. The van der Waals surface area contributed by atoms with E-state index < -0.39 is 0 Å². The second-order valence-electron chi connectivity index (χ2n) is 7.38. The third-order valence-corrected chi connectivity index (χ3v) is 6.72. The third-order valence-electron chi connectivity index (χ3n) is 5.72. The van der Waals surface area contributed by atoms with E-state index in [0.29, 0.717) is 19.5 Å². The van der Waals surface area contributed by atoms with Gasteiger partial charge in [0.25, 0.3) is 0 Å². The highest BCUT2D eigenvalue weighted by molar-refractivity contribution is 7.10. The molecule has 2 aromatic heterocycles. The first kappa shape index (κ1) is 19.0. The van der Waals surface area contributed by atoms with Crippen molar-refractivity contribution in [3.8, 4) is 0 Å². The Labute approximate surface area is 169 Å². The molecule has 1 unspecified atom stereocenters. The fourth-order valence-corrected chi connectivity index (χ4v) is 5.34. The molecule has 0 bridgehead atoms. The van der Waals surface area contributed by atoms with Crippen molar-refractivity contribution in [2.24, 2.45) is 0 Å². The van der Waals surface area contributed by atoms with Gasteiger partial charge in [-0.2, -0.15) is 0 Å². The highest BCUT2D eigenvalue weighted by Gasteiger charge is 2.30. The number of carbonyl (C=O) groups excluding carboxylic acids is 1. The molecule has 5 nitrogen and oxygen atoms in total. The molecule has 0 spiro atoms. The molecule has 0 fully saturated rings. The average molecular weight is 398 g/mol. The fourth-order valence-electron chi connectivity index (χ4n) is 4.41. The van der Waals surface area contributed by atoms with Crippen molar-refractivity contribution in [2.45, 2.75) is 58.7 Å². The number of imidazole rings is 1. The van der Waals surface area contributed by atoms with Gasteiger partial charge in [0.2, 0.25) is 5.91 Å². The first-order chi connectivity index (χ1) is 13.7. The molecule has 148 valence electrons. The van der Waals surface area contributed by atoms with Crippen LogP contribution in [-0.2, 0) is 24.3 Å². The van der Waals surface area contributed by atoms with Crippen LogP contribution in [0, 0.1) is 0 Å². The van der Waals surface area contributed by atoms with Gasteiger partial charge < -0.3 is 4.90 Å². The fraction of sp³-hybridized carbons (Fsp3) is 0.455. The second kappa shape index (κ2) is 7.95. The predicted octanol–water partition coefficient (Wildman–Crippen LogP) is 4.20. The first-order valence-corrected chi connectivity index (χ1v) is 11.1. The zero-order valence-corrected chi connectivity index (χ0v) is 17.4. The molecular formula is C22H27N3O2S. The van der Waals surface area contributed by atoms with E-state index in [1.807, 2.05) is 33.7 Å². The minimum Gasteiger partial charge on any atom is -0.335 e. The zero-order chi connectivity index (χ0) is 19.7. The molecule has 6 heteroatoms. The minimum absolute atomic E-state index is 0.0124. The summed E-state index contributed by atoms with van der Waals surface area (Å²) in [7, 11) is 0. The van der Waals surface area contributed by atoms with Crippen LogP contribution in [0.2, 0.25) is 0 Å². The van der Waals surface area contributed by atoms with Crippen LogP contribution in [0.5, 0.6) is 0 Å². The molecule has 0 N–H and O–H groups in total. The molecule has 3 heterocycles. The van der Waals surface area contributed by atoms with Crippen molar-refractivity contribution < 1.29 is 4.79 Å². The molecule has 0 radical (unpaired) electrons. The number of benzene rings is 1. The summed E-state index contributed by atoms with van der Waals surface area (Å²) in [4.78, 5) is 29.4. The molecule has 1 amide bonds. The van der Waals surface area contributed by atoms with E-state index in [1.165, 1.54) is 10.4 Å². The van der Waals surface area contributed by atoms with Crippen molar-refractivity contribution >= 4 is 28.3 Å². The van der Waals surface area contributed by atoms with Crippen LogP contribution in [0.4, 0.5) is 0 Å². The lowest BCUT2D eigenvalue weighted by molar-refractivity contribution is -0.134. The summed E-state index contributed by atoms with van der Waals surface area (Å²) in [5.74, 6) is 0.142. The molecule has 28 heavy (non-hydrogen) atoms. The van der Waals surface area contributed by atoms with Crippen LogP contribution >= 0.6 is 11.3 Å². The van der Waals surface area contributed by atoms with E-state index in [-0.39, 0.29) is 17.6 Å². The number of rotatable bonds is 6. The van der Waals surface area contributed by atoms with Gasteiger partial charge in [0.05, 0.1) is 17.1 Å². The molecule has 1 atom stereocenters. The van der Waals surface area contributed by atoms with Gasteiger partial charge in [-0.25, -0.2) is 4.79 Å². The normalized spacial score (nSPS) is 16.5. The monoisotopic (exact) mass is 397 g/mol. The van der Waals surface area contributed by atoms with Crippen LogP contribution in [0.1, 0.15) is 49.6 Å². The number of nitrogens with zero attached hydrogens (tertiary/aromatic N) is 3. The van der Waals surface area contributed by atoms with E-state index in [1.54, 1.807) is 15.9 Å². The number of hydrogen-bond donors (Lipinski definition) is 0. The van der Waals surface area contributed by atoms with Crippen LogP contribution in [0.25, 0.3) is 11.0 Å². The number of aromatic nitrogens is 2. The second-order valence-corrected chi connectivity index (χ2v) is 8.39. The highest BCUT2D eigenvalue weighted by Crippen LogP contribution is 2.35. The van der Waals surface area contributed by atoms with Crippen molar-refractivity contribution in [1.82, 2.24) is 14.0 Å². The zero-order valence-electron chi connectivity index (χ0n) is 16.6. The lowest BCUT2D eigenvalue weighted by Crippen LogP contribution is -2.40. The Morgan fingerprint density at radius 2 is 1.82 bits per heavy atom. The van der Waals surface area contributed by atoms with E-state index in [0.717, 1.165) is 36.8 Å². The Morgan fingerprint density at radius 3 is 2.50 bits per heavy atom. The molecule has 1 aliphatic heterocycles. The van der Waals surface area contributed by atoms with E-state index in [9.17, 15) is 9.59 Å². The molecule has 1 aliphatic rings. The Hall–Kier alpha value is -2.34. The largest absolute Gasteiger partial charge is 0.335 e. The number of carbonyl (C=O) groups is 1. The topological polar surface area (TPSA) is 47.2 Å². The summed E-state index contributed by atoms with van der Waals surface area (Å²) < 4.78 is 3.59. The van der Waals surface area contributed by atoms with Crippen molar-refractivity contribution in [1.29, 1.82) is 0 Å². The maximum atomic E-state index is 13.1. The number of amides is 1. The summed E-state index contributed by atoms with van der Waals surface area (Å²) >= 11 is 1.79. The van der Waals surface area contributed by atoms with Gasteiger partial charge in [0.15, 0.2) is 0 Å². The number of para-hydroxylation sites is 2. The summed E-state index contributed by atoms with van der Waals surface area (Å²) in [6.07, 6.45) is 3.12. The number of hydrogen-bond acceptors (Lipinski definition) is 3. The molecule has 3 aromatic rings. The molecular weight excluding hydrogens is 370 g/mol. The van der Waals surface area contributed by atoms with Crippen LogP contribution in [-0.4, -0.2) is 26.5 Å². The lowest BCUT2D eigenvalue weighted by Gasteiger charge is -2.35. The summed E-state index contributed by atoms with van der Waals surface area (Å²) in [5.41, 5.74) is 3.17. The maximum absolute atomic E-state index is 13.1. The molecule has 0 saturated heterocycles. The number of fused-ring (bicyclic) bond motifs is 2. The lowest BCUT2D eigenvalue weighted by atomic mass is 9.97. The Balaban J connectivity index is 1.56. The van der Waals surface area contributed by atoms with E-state index >= 15 is 0 Å². The van der Waals surface area contributed by atoms with Crippen LogP contribution < -0.4 is 5.69 Å². The van der Waals surface area contributed by atoms with Crippen molar-refractivity contribution in [3.05, 3.63) is 56.6 Å². The smallest absolute Gasteiger partial charge is 0.329 e. The van der Waals surface area contributed by atoms with E-state index in [4.69, 9.17) is 0 Å². The van der Waals surface area contributed by atoms with Gasteiger partial charge in [-0.1, -0.05) is 26.0 Å². The number of thiophene rings is 1. The Bertz CT molecular complexity index is 1050. The van der Waals surface area contributed by atoms with Gasteiger partial charge in [-0.15, -0.1) is 11.3 Å². The van der Waals surface area contributed by atoms with Crippen LogP contribution in [0.3, 0.4) is 0 Å². The van der Waals surface area contributed by atoms with Crippen molar-refractivity contribution in [3.63, 3.8) is 0 Å². The van der Waals surface area contributed by atoms with E-state index in [2.05, 4.69) is 25.3 Å². The third kappa shape index (κ3) is 3.20. The SMILES string of the molecule is CCCn1c(=O)n(CCC(=O)N2CCc3sccc3C2CC)c2ccccc21. The van der Waals surface area contributed by atoms with Crippen LogP contribution in [0.15, 0.2) is 40.5 Å². The molecule has 0 aliphatic carbocycles. The minimum atomic E-state index is -0.0124. The van der Waals surface area contributed by atoms with Gasteiger partial charge in [0, 0.05) is 30.9 Å². The standard InChI is InChI=1S/C22H27N3O2S/c1-3-12-24-18-7-5-6-8-19(18)25(22(24)27)14-10-21(26)23-13-9-20-16(11-15-28-20)17(23)4-2/h5-8,11,15,17H,3-4,9-10,12-14H2,1-2H3. The summed E-state index contributed by atoms with van der Waals surface area (Å²) in [6, 6.07) is 10.2. The number of aryl methyl sites for hydroxylation is 2. The first-order valence-electron chi connectivity index (χ1n) is 10.2. The Morgan fingerprint density at radius 1 is 1.11 bits per heavy atom. The maximum Gasteiger partial charge on any atom is 0.329 e. The average Bonchev–Trinajstić information content (AvgIpc) is 3.29. The highest BCUT2D eigenvalue weighted by atomic mass is 32.1. The van der Waals surface area contributed by atoms with Crippen molar-refractivity contribution in [2.75, 3.05) is 6.54 Å². The molecule has 4 rings (SSSR count). The van der Waals surface area contributed by atoms with Gasteiger partial charge in [-0.05, 0) is 48.4 Å². The van der Waals surface area contributed by atoms with Gasteiger partial charge in [-0.3, -0.25) is 13.9 Å². The summed E-state index contributed by atoms with van der Waals surface area (Å²) in [6.45, 7) is 6.11.